The van der Waals surface area contributed by atoms with Crippen LogP contribution >= 0.6 is 0 Å². The number of rotatable bonds is 9. The third-order valence-corrected chi connectivity index (χ3v) is 1.90. The van der Waals surface area contributed by atoms with E-state index in [1.54, 1.807) is 0 Å². The van der Waals surface area contributed by atoms with Crippen molar-refractivity contribution in [1.82, 2.24) is 5.32 Å². The maximum absolute atomic E-state index is 9.94. The molecule has 0 bridgehead atoms. The second kappa shape index (κ2) is 10.6. The topological polar surface area (TPSA) is 29.1 Å². The van der Waals surface area contributed by atoms with Gasteiger partial charge < -0.3 is 10.1 Å². The van der Waals surface area contributed by atoms with Crippen molar-refractivity contribution < 1.29 is 4.79 Å². The molecule has 0 unspecified atom stereocenters. The molecule has 0 radical (unpaired) electrons. The largest absolute Gasteiger partial charge is 0.316 e. The van der Waals surface area contributed by atoms with Crippen molar-refractivity contribution in [3.63, 3.8) is 0 Å². The minimum Gasteiger partial charge on any atom is -0.316 e. The minimum absolute atomic E-state index is 0.648. The molecule has 0 aromatic carbocycles. The Bertz CT molecular complexity index is 93.8. The fourth-order valence-corrected chi connectivity index (χ4v) is 1.14. The van der Waals surface area contributed by atoms with Crippen molar-refractivity contribution in [1.29, 1.82) is 0 Å². The normalized spacial score (nSPS) is 10.1. The van der Waals surface area contributed by atoms with Gasteiger partial charge in [0.05, 0.1) is 0 Å². The lowest BCUT2D eigenvalue weighted by molar-refractivity contribution is -0.107. The Balaban J connectivity index is 2.77. The van der Waals surface area contributed by atoms with Gasteiger partial charge >= 0.3 is 0 Å². The van der Waals surface area contributed by atoms with Crippen LogP contribution in [-0.4, -0.2) is 19.4 Å². The molecule has 0 aliphatic heterocycles. The highest BCUT2D eigenvalue weighted by molar-refractivity contribution is 5.49. The maximum Gasteiger partial charge on any atom is 0.121 e. The Labute approximate surface area is 75.7 Å². The second-order valence-electron chi connectivity index (χ2n) is 3.12. The molecule has 0 atom stereocenters. The summed E-state index contributed by atoms with van der Waals surface area (Å²) in [5, 5.41) is 3.23. The van der Waals surface area contributed by atoms with E-state index in [0.29, 0.717) is 6.42 Å². The quantitative estimate of drug-likeness (QED) is 0.425. The van der Waals surface area contributed by atoms with Gasteiger partial charge in [0, 0.05) is 13.0 Å². The van der Waals surface area contributed by atoms with E-state index in [1.165, 1.54) is 32.1 Å². The van der Waals surface area contributed by atoms with E-state index in [-0.39, 0.29) is 0 Å². The van der Waals surface area contributed by atoms with Crippen LogP contribution in [0.2, 0.25) is 0 Å². The summed E-state index contributed by atoms with van der Waals surface area (Å²) in [5.74, 6) is 0. The first kappa shape index (κ1) is 11.6. The number of nitrogens with one attached hydrogen (secondary N) is 1. The zero-order chi connectivity index (χ0) is 9.07. The number of unbranched alkanes of at least 4 members (excludes halogenated alkanes) is 4. The van der Waals surface area contributed by atoms with E-state index in [4.69, 9.17) is 0 Å². The highest BCUT2D eigenvalue weighted by atomic mass is 16.1. The monoisotopic (exact) mass is 171 g/mol. The molecule has 72 valence electrons. The molecule has 0 rings (SSSR count). The van der Waals surface area contributed by atoms with Gasteiger partial charge in [0.2, 0.25) is 0 Å². The van der Waals surface area contributed by atoms with Crippen molar-refractivity contribution in [3.8, 4) is 0 Å². The molecule has 12 heavy (non-hydrogen) atoms. The minimum atomic E-state index is 0.648. The van der Waals surface area contributed by atoms with Crippen LogP contribution in [0, 0.1) is 0 Å². The standard InChI is InChI=1S/C10H21NO/c1-2-3-4-5-6-8-11-9-7-10-12/h10-11H,2-9H2,1H3. The highest BCUT2D eigenvalue weighted by Crippen LogP contribution is 2.00. The third-order valence-electron chi connectivity index (χ3n) is 1.90. The first-order valence-corrected chi connectivity index (χ1v) is 5.06. The van der Waals surface area contributed by atoms with Crippen molar-refractivity contribution in [2.24, 2.45) is 0 Å². The zero-order valence-electron chi connectivity index (χ0n) is 8.14. The van der Waals surface area contributed by atoms with Crippen LogP contribution in [0.15, 0.2) is 0 Å². The Hall–Kier alpha value is -0.370. The molecule has 0 aliphatic carbocycles. The summed E-state index contributed by atoms with van der Waals surface area (Å²) >= 11 is 0. The molecule has 0 aliphatic rings. The van der Waals surface area contributed by atoms with E-state index in [2.05, 4.69) is 12.2 Å². The maximum atomic E-state index is 9.94. The lowest BCUT2D eigenvalue weighted by Gasteiger charge is -2.01. The highest BCUT2D eigenvalue weighted by Gasteiger charge is 1.88. The van der Waals surface area contributed by atoms with Crippen LogP contribution in [0.5, 0.6) is 0 Å². The van der Waals surface area contributed by atoms with Crippen LogP contribution in [0.25, 0.3) is 0 Å². The summed E-state index contributed by atoms with van der Waals surface area (Å²) in [7, 11) is 0. The smallest absolute Gasteiger partial charge is 0.121 e. The molecule has 0 amide bonds. The molecule has 0 saturated carbocycles. The molecule has 0 spiro atoms. The van der Waals surface area contributed by atoms with Gasteiger partial charge in [-0.2, -0.15) is 0 Å². The summed E-state index contributed by atoms with van der Waals surface area (Å²) in [5.41, 5.74) is 0. The molecule has 0 fully saturated rings. The number of aldehydes is 1. The summed E-state index contributed by atoms with van der Waals surface area (Å²) in [6, 6.07) is 0. The van der Waals surface area contributed by atoms with Crippen LogP contribution in [0.1, 0.15) is 45.4 Å². The summed E-state index contributed by atoms with van der Waals surface area (Å²) in [6.07, 6.45) is 8.19. The Morgan fingerprint density at radius 3 is 2.50 bits per heavy atom. The number of hydrogen-bond donors (Lipinski definition) is 1. The van der Waals surface area contributed by atoms with Crippen LogP contribution in [0.4, 0.5) is 0 Å². The summed E-state index contributed by atoms with van der Waals surface area (Å²) < 4.78 is 0. The van der Waals surface area contributed by atoms with Gasteiger partial charge in [0.25, 0.3) is 0 Å². The van der Waals surface area contributed by atoms with E-state index in [1.807, 2.05) is 0 Å². The van der Waals surface area contributed by atoms with Gasteiger partial charge in [-0.05, 0) is 13.0 Å². The first-order valence-electron chi connectivity index (χ1n) is 5.06. The molecule has 0 saturated heterocycles. The van der Waals surface area contributed by atoms with Gasteiger partial charge in [-0.1, -0.05) is 32.6 Å². The zero-order valence-corrected chi connectivity index (χ0v) is 8.14. The van der Waals surface area contributed by atoms with E-state index < -0.39 is 0 Å². The molecular weight excluding hydrogens is 150 g/mol. The SMILES string of the molecule is CCCCCCCNCCC=O. The molecule has 0 aromatic heterocycles. The average molecular weight is 171 g/mol. The van der Waals surface area contributed by atoms with Crippen molar-refractivity contribution in [2.45, 2.75) is 45.4 Å². The van der Waals surface area contributed by atoms with Gasteiger partial charge in [-0.25, -0.2) is 0 Å². The van der Waals surface area contributed by atoms with Crippen LogP contribution in [-0.2, 0) is 4.79 Å². The first-order chi connectivity index (χ1) is 5.91. The fraction of sp³-hybridized carbons (Fsp3) is 0.900. The fourth-order valence-electron chi connectivity index (χ4n) is 1.14. The van der Waals surface area contributed by atoms with Gasteiger partial charge in [-0.3, -0.25) is 0 Å². The predicted octanol–water partition coefficient (Wildman–Crippen LogP) is 2.14. The lowest BCUT2D eigenvalue weighted by Crippen LogP contribution is -2.16. The molecule has 2 nitrogen and oxygen atoms in total. The molecule has 2 heteroatoms. The Morgan fingerprint density at radius 2 is 1.83 bits per heavy atom. The van der Waals surface area contributed by atoms with Gasteiger partial charge in [-0.15, -0.1) is 0 Å². The second-order valence-corrected chi connectivity index (χ2v) is 3.12. The van der Waals surface area contributed by atoms with Crippen LogP contribution < -0.4 is 5.32 Å². The van der Waals surface area contributed by atoms with Gasteiger partial charge in [0.1, 0.15) is 6.29 Å². The Morgan fingerprint density at radius 1 is 1.08 bits per heavy atom. The molecule has 0 aromatic rings. The van der Waals surface area contributed by atoms with Crippen molar-refractivity contribution >= 4 is 6.29 Å². The van der Waals surface area contributed by atoms with Crippen LogP contribution in [0.3, 0.4) is 0 Å². The number of carbonyl (C=O) groups excluding carboxylic acids is 1. The third kappa shape index (κ3) is 9.63. The van der Waals surface area contributed by atoms with Gasteiger partial charge in [0.15, 0.2) is 0 Å². The predicted molar refractivity (Wildman–Crippen MR) is 52.3 cm³/mol. The molecule has 1 N–H and O–H groups in total. The van der Waals surface area contributed by atoms with E-state index in [9.17, 15) is 4.79 Å². The summed E-state index contributed by atoms with van der Waals surface area (Å²) in [6.45, 7) is 4.14. The molecule has 0 heterocycles. The summed E-state index contributed by atoms with van der Waals surface area (Å²) in [4.78, 5) is 9.94. The van der Waals surface area contributed by atoms with E-state index in [0.717, 1.165) is 19.4 Å². The number of hydrogen-bond acceptors (Lipinski definition) is 2. The van der Waals surface area contributed by atoms with Crippen molar-refractivity contribution in [3.05, 3.63) is 0 Å². The average Bonchev–Trinajstić information content (AvgIpc) is 2.10. The number of carbonyl (C=O) groups is 1. The van der Waals surface area contributed by atoms with E-state index >= 15 is 0 Å². The Kier molecular flexibility index (Phi) is 10.3. The molecular formula is C10H21NO. The lowest BCUT2D eigenvalue weighted by atomic mass is 10.1. The van der Waals surface area contributed by atoms with Crippen molar-refractivity contribution in [2.75, 3.05) is 13.1 Å².